The van der Waals surface area contributed by atoms with Crippen molar-refractivity contribution < 1.29 is 134 Å². The molecule has 6 fully saturated rings. The first-order chi connectivity index (χ1) is 52.4. The van der Waals surface area contributed by atoms with Crippen molar-refractivity contribution in [2.24, 2.45) is 40.4 Å². The molecule has 0 bridgehead atoms. The van der Waals surface area contributed by atoms with Crippen LogP contribution in [0.1, 0.15) is 227 Å². The molecule has 658 valence electrons. The van der Waals surface area contributed by atoms with Crippen molar-refractivity contribution in [3.63, 3.8) is 0 Å². The summed E-state index contributed by atoms with van der Waals surface area (Å²) < 4.78 is 89.7. The van der Waals surface area contributed by atoms with E-state index in [2.05, 4.69) is 31.3 Å². The van der Waals surface area contributed by atoms with E-state index in [4.69, 9.17) is 88.8 Å². The number of rotatable bonds is 22. The van der Waals surface area contributed by atoms with Gasteiger partial charge in [0.1, 0.15) is 33.7 Å². The molecule has 114 heavy (non-hydrogen) atoms. The number of aliphatic hydroxyl groups is 3. The van der Waals surface area contributed by atoms with E-state index in [1.807, 2.05) is 104 Å². The third kappa shape index (κ3) is 56.2. The number of nitrogens with two attached hydrogens (primary N) is 1. The topological polar surface area (TPSA) is 476 Å². The van der Waals surface area contributed by atoms with Crippen LogP contribution in [0.15, 0.2) is 34.3 Å². The van der Waals surface area contributed by atoms with Crippen molar-refractivity contribution in [2.75, 3.05) is 113 Å². The Balaban J connectivity index is -0.00000133. The summed E-state index contributed by atoms with van der Waals surface area (Å²) in [6.45, 7) is 41.8. The second kappa shape index (κ2) is 59.4. The molecule has 6 heterocycles. The third-order valence-electron chi connectivity index (χ3n) is 17.0. The number of nitrogens with one attached hydrogen (secondary N) is 4. The van der Waals surface area contributed by atoms with Crippen molar-refractivity contribution in [3.05, 3.63) is 56.2 Å². The molecule has 34 nitrogen and oxygen atoms in total. The van der Waals surface area contributed by atoms with Gasteiger partial charge in [0, 0.05) is 110 Å². The molecule has 0 aliphatic carbocycles. The van der Waals surface area contributed by atoms with Crippen LogP contribution in [-0.4, -0.2) is 236 Å². The van der Waals surface area contributed by atoms with Gasteiger partial charge in [-0.3, -0.25) is 14.0 Å². The van der Waals surface area contributed by atoms with Crippen molar-refractivity contribution in [3.8, 4) is 0 Å². The Morgan fingerprint density at radius 2 is 0.860 bits per heavy atom. The number of hydrogen-bond acceptors (Lipinski definition) is 24. The van der Waals surface area contributed by atoms with Crippen LogP contribution >= 0.6 is 0 Å². The number of alkyl carbamates (subject to hydrolysis) is 4. The molecule has 10 atom stereocenters. The number of carbonyl (C=O) groups is 5. The molecule has 0 spiro atoms. The van der Waals surface area contributed by atoms with E-state index in [0.717, 1.165) is 150 Å². The van der Waals surface area contributed by atoms with Gasteiger partial charge in [-0.05, 0) is 268 Å². The number of aryl methyl sites for hydroxylation is 1. The van der Waals surface area contributed by atoms with E-state index in [1.54, 1.807) is 37.8 Å². The molecule has 6 saturated heterocycles. The van der Waals surface area contributed by atoms with Crippen LogP contribution in [0, 0.1) is 36.5 Å². The normalized spacial score (nSPS) is 21.0. The summed E-state index contributed by atoms with van der Waals surface area (Å²) in [5.74, 6) is 2.02. The monoisotopic (exact) mass is 1660 g/mol. The van der Waals surface area contributed by atoms with Crippen LogP contribution in [-0.2, 0) is 66.4 Å². The minimum Gasteiger partial charge on any atom is -0.444 e. The Morgan fingerprint density at radius 3 is 1.18 bits per heavy atom. The first-order valence-corrected chi connectivity index (χ1v) is 40.5. The molecular formula is C78H147N12NaO22S. The summed E-state index contributed by atoms with van der Waals surface area (Å²) in [6, 6.07) is 5.51. The van der Waals surface area contributed by atoms with E-state index in [0.29, 0.717) is 63.1 Å². The van der Waals surface area contributed by atoms with Gasteiger partial charge in [0.25, 0.3) is 10.1 Å². The summed E-state index contributed by atoms with van der Waals surface area (Å²) in [6.07, 6.45) is 12.3. The number of ether oxygens (including phenoxy) is 11. The third-order valence-corrected chi connectivity index (χ3v) is 18.3. The SMILES string of the molecule is C.CC(C)(C)OC(=O)N1[C@@H](C[C@H]2CCCOC2)COC1(C)C.CC(C)(C)OC(=O)N[C@H](CN)C[C@H]1CCCOC1.CC(C)(C)OC(=O)N[C@H](CN=[N+]=[N-])C[C@H]1CCCOC1.CC(C)(C)OC(=O)N[C@H](CO)C[C@H]1CCCOC1.CO.CO.Cc1ccc(S(=O)(=O)OC[C@H](C[C@H]2CCCOC2)NC(=O)OC(C)(C)C)cc1.[N-]=[N+]=[N-].[Na+]. The predicted molar refractivity (Wildman–Crippen MR) is 433 cm³/mol. The predicted octanol–water partition coefficient (Wildman–Crippen LogP) is 10.7. The summed E-state index contributed by atoms with van der Waals surface area (Å²) in [5.41, 5.74) is 25.3. The summed E-state index contributed by atoms with van der Waals surface area (Å²) in [7, 11) is -1.91. The fourth-order valence-corrected chi connectivity index (χ4v) is 13.4. The molecule has 0 unspecified atom stereocenters. The number of benzene rings is 1. The maximum atomic E-state index is 12.5. The molecule has 6 aliphatic heterocycles. The van der Waals surface area contributed by atoms with Gasteiger partial charge in [0.15, 0.2) is 0 Å². The smallest absolute Gasteiger partial charge is 0.444 e. The second-order valence-electron chi connectivity index (χ2n) is 33.7. The molecule has 1 aromatic rings. The van der Waals surface area contributed by atoms with E-state index >= 15 is 0 Å². The molecule has 0 radical (unpaired) electrons. The molecule has 1 aromatic carbocycles. The zero-order valence-electron chi connectivity index (χ0n) is 72.0. The minimum absolute atomic E-state index is 0. The number of hydrogen-bond donors (Lipinski definition) is 8. The van der Waals surface area contributed by atoms with Crippen molar-refractivity contribution >= 4 is 40.6 Å². The fraction of sp³-hybridized carbons (Fsp3) is 0.859. The maximum Gasteiger partial charge on any atom is 1.00 e. The molecule has 9 N–H and O–H groups in total. The summed E-state index contributed by atoms with van der Waals surface area (Å²) in [4.78, 5) is 65.8. The Morgan fingerprint density at radius 1 is 0.544 bits per heavy atom. The van der Waals surface area contributed by atoms with Crippen LogP contribution < -0.4 is 56.6 Å². The van der Waals surface area contributed by atoms with E-state index in [9.17, 15) is 37.5 Å². The Hall–Kier alpha value is -5.30. The Labute approximate surface area is 703 Å². The molecule has 0 saturated carbocycles. The van der Waals surface area contributed by atoms with Gasteiger partial charge in [-0.2, -0.15) is 8.42 Å². The van der Waals surface area contributed by atoms with Gasteiger partial charge in [-0.1, -0.05) is 30.2 Å². The Bertz CT molecular complexity index is 2890. The van der Waals surface area contributed by atoms with Crippen molar-refractivity contribution in [1.29, 1.82) is 0 Å². The quantitative estimate of drug-likeness (QED) is 0.0133. The van der Waals surface area contributed by atoms with Crippen molar-refractivity contribution in [2.45, 2.75) is 297 Å². The van der Waals surface area contributed by atoms with E-state index < -0.39 is 74.3 Å². The van der Waals surface area contributed by atoms with Crippen LogP contribution in [0.5, 0.6) is 0 Å². The fourth-order valence-electron chi connectivity index (χ4n) is 12.4. The van der Waals surface area contributed by atoms with Gasteiger partial charge in [-0.15, -0.1) is 0 Å². The van der Waals surface area contributed by atoms with Gasteiger partial charge in [0.05, 0.1) is 42.8 Å². The molecule has 5 amide bonds. The first kappa shape index (κ1) is 113. The van der Waals surface area contributed by atoms with E-state index in [-0.39, 0.29) is 97.8 Å². The number of aliphatic hydroxyl groups excluding tert-OH is 3. The molecular weight excluding hydrogens is 1510 g/mol. The number of amides is 5. The molecule has 7 rings (SSSR count). The van der Waals surface area contributed by atoms with Gasteiger partial charge < -0.3 is 105 Å². The number of nitrogens with zero attached hydrogens (tertiary/aromatic N) is 7. The minimum atomic E-state index is -3.91. The Kier molecular flexibility index (Phi) is 58.8. The number of azide groups is 1. The van der Waals surface area contributed by atoms with Crippen LogP contribution in [0.3, 0.4) is 0 Å². The average Bonchev–Trinajstić information content (AvgIpc) is 1.64. The first-order valence-electron chi connectivity index (χ1n) is 39.1. The zero-order chi connectivity index (χ0) is 85.4. The molecule has 0 aromatic heterocycles. The van der Waals surface area contributed by atoms with E-state index in [1.165, 1.54) is 23.5 Å². The summed E-state index contributed by atoms with van der Waals surface area (Å²) in [5, 5.41) is 37.9. The van der Waals surface area contributed by atoms with Crippen molar-refractivity contribution in [1.82, 2.24) is 26.2 Å². The molecule has 6 aliphatic rings. The molecule has 36 heteroatoms. The second-order valence-corrected chi connectivity index (χ2v) is 35.3. The number of carbonyl (C=O) groups excluding carboxylic acids is 5. The zero-order valence-corrected chi connectivity index (χ0v) is 74.8. The maximum absolute atomic E-state index is 12.5. The van der Waals surface area contributed by atoms with Crippen LogP contribution in [0.25, 0.3) is 26.4 Å². The largest absolute Gasteiger partial charge is 1.00 e. The van der Waals surface area contributed by atoms with Crippen LogP contribution in [0.2, 0.25) is 0 Å². The average molecular weight is 1660 g/mol. The van der Waals surface area contributed by atoms with Gasteiger partial charge in [-0.25, -0.2) is 24.0 Å². The van der Waals surface area contributed by atoms with Crippen LogP contribution in [0.4, 0.5) is 24.0 Å². The van der Waals surface area contributed by atoms with Gasteiger partial charge in [0.2, 0.25) is 0 Å². The summed E-state index contributed by atoms with van der Waals surface area (Å²) >= 11 is 0. The van der Waals surface area contributed by atoms with Gasteiger partial charge >= 0.3 is 60.0 Å². The standard InChI is InChI=1S/C20H31NO6S.C16H29NO4.C13H24N4O3.C13H26N2O3.C13H25NO4.2CH4O.CH4.N3.Na/c1-15-7-9-18(10-8-15)28(23,24)26-14-17(12-16-6-5-11-25-13-16)21-19(22)27-20(2,3)4;1-15(2,3)21-14(18)17-13(11-20-16(17,4)5)9-12-7-6-8-19-10-12;1-13(2,3)20-12(18)16-11(8-15-17-14)7-10-5-4-6-19-9-10;1-13(2,3)18-12(16)15-11(8-14)7-10-5-4-6-17-9-10;1-13(2,3)18-12(16)14-11(8-15)7-10-5-4-6-17-9-10;2*1-2;;1-3-2;/h7-10,16-17H,5-6,11-14H2,1-4H3,(H,21,22);12-13H,6-11H2,1-5H3;10-11H,4-9H2,1-3H3,(H,16,18);10-11H,4-9,14H2,1-3H3,(H,15,16);10-11,15H,4-9H2,1-3H3,(H,14,16);2*2H,1H3;1H4;;/q;;;;;;;;-1;+1/t16-,17+;12-,13+;3*10-,11+;;;;;/m11111...../s1.